The highest BCUT2D eigenvalue weighted by molar-refractivity contribution is 6.30. The van der Waals surface area contributed by atoms with Crippen LogP contribution in [0, 0.1) is 0 Å². The molecule has 2 amide bonds. The van der Waals surface area contributed by atoms with Gasteiger partial charge in [0, 0.05) is 29.5 Å². The fraction of sp³-hybridized carbons (Fsp3) is 0.143. The average Bonchev–Trinajstić information content (AvgIpc) is 2.44. The summed E-state index contributed by atoms with van der Waals surface area (Å²) in [5.74, 6) is -0.591. The minimum Gasteiger partial charge on any atom is -0.388 e. The number of halogens is 4. The number of aromatic nitrogens is 1. The van der Waals surface area contributed by atoms with Crippen molar-refractivity contribution in [3.8, 4) is 5.88 Å². The summed E-state index contributed by atoms with van der Waals surface area (Å²) in [7, 11) is 0. The van der Waals surface area contributed by atoms with Gasteiger partial charge in [0.15, 0.2) is 0 Å². The smallest absolute Gasteiger partial charge is 0.388 e. The molecular weight excluding hydrogens is 335 g/mol. The van der Waals surface area contributed by atoms with Crippen molar-refractivity contribution in [3.05, 3.63) is 53.2 Å². The number of anilines is 1. The summed E-state index contributed by atoms with van der Waals surface area (Å²) in [6.07, 6.45) is -3.66. The third-order valence-corrected chi connectivity index (χ3v) is 2.79. The normalized spacial score (nSPS) is 11.0. The van der Waals surface area contributed by atoms with Crippen LogP contribution in [0.2, 0.25) is 5.02 Å². The lowest BCUT2D eigenvalue weighted by molar-refractivity contribution is -0.276. The molecule has 0 spiro atoms. The molecule has 1 aromatic carbocycles. The second-order valence-corrected chi connectivity index (χ2v) is 4.80. The SMILES string of the molecule is O=C(NCc1ccnc(OC(F)(F)F)c1)Nc1cccc(Cl)c1. The van der Waals surface area contributed by atoms with E-state index in [9.17, 15) is 18.0 Å². The molecular formula is C14H11ClF3N3O2. The number of carbonyl (C=O) groups excluding carboxylic acids is 1. The van der Waals surface area contributed by atoms with Crippen LogP contribution in [0.15, 0.2) is 42.6 Å². The Morgan fingerprint density at radius 1 is 1.26 bits per heavy atom. The lowest BCUT2D eigenvalue weighted by Crippen LogP contribution is -2.28. The molecule has 0 aliphatic carbocycles. The summed E-state index contributed by atoms with van der Waals surface area (Å²) in [5, 5.41) is 5.51. The van der Waals surface area contributed by atoms with Gasteiger partial charge in [-0.1, -0.05) is 17.7 Å². The first-order valence-electron chi connectivity index (χ1n) is 6.33. The predicted octanol–water partition coefficient (Wildman–Crippen LogP) is 3.96. The second kappa shape index (κ2) is 7.19. The Bertz CT molecular complexity index is 695. The molecule has 2 N–H and O–H groups in total. The maximum absolute atomic E-state index is 12.1. The van der Waals surface area contributed by atoms with Gasteiger partial charge in [-0.15, -0.1) is 13.2 Å². The number of nitrogens with one attached hydrogen (secondary N) is 2. The van der Waals surface area contributed by atoms with Gasteiger partial charge in [-0.25, -0.2) is 9.78 Å². The molecule has 0 atom stereocenters. The molecule has 0 fully saturated rings. The number of hydrogen-bond acceptors (Lipinski definition) is 3. The van der Waals surface area contributed by atoms with Crippen molar-refractivity contribution in [3.63, 3.8) is 0 Å². The Kier molecular flexibility index (Phi) is 5.28. The topological polar surface area (TPSA) is 63.2 Å². The van der Waals surface area contributed by atoms with Crippen molar-refractivity contribution in [2.24, 2.45) is 0 Å². The van der Waals surface area contributed by atoms with Crippen LogP contribution in [0.5, 0.6) is 5.88 Å². The highest BCUT2D eigenvalue weighted by Crippen LogP contribution is 2.21. The molecule has 122 valence electrons. The number of alkyl halides is 3. The lowest BCUT2D eigenvalue weighted by atomic mass is 10.2. The van der Waals surface area contributed by atoms with E-state index in [1.807, 2.05) is 0 Å². The zero-order valence-electron chi connectivity index (χ0n) is 11.5. The minimum absolute atomic E-state index is 0.00311. The van der Waals surface area contributed by atoms with Crippen LogP contribution in [0.3, 0.4) is 0 Å². The molecule has 9 heteroatoms. The van der Waals surface area contributed by atoms with Gasteiger partial charge in [0.1, 0.15) is 0 Å². The summed E-state index contributed by atoms with van der Waals surface area (Å²) >= 11 is 5.79. The molecule has 2 aromatic rings. The number of pyridine rings is 1. The Labute approximate surface area is 134 Å². The monoisotopic (exact) mass is 345 g/mol. The summed E-state index contributed by atoms with van der Waals surface area (Å²) in [6.45, 7) is 0.00311. The van der Waals surface area contributed by atoms with Crippen molar-refractivity contribution in [2.45, 2.75) is 12.9 Å². The van der Waals surface area contributed by atoms with Crippen molar-refractivity contribution >= 4 is 23.3 Å². The number of amides is 2. The highest BCUT2D eigenvalue weighted by Gasteiger charge is 2.31. The fourth-order valence-electron chi connectivity index (χ4n) is 1.66. The first kappa shape index (κ1) is 16.9. The molecule has 5 nitrogen and oxygen atoms in total. The fourth-order valence-corrected chi connectivity index (χ4v) is 1.85. The van der Waals surface area contributed by atoms with E-state index in [-0.39, 0.29) is 6.54 Å². The average molecular weight is 346 g/mol. The van der Waals surface area contributed by atoms with E-state index in [0.717, 1.165) is 12.3 Å². The quantitative estimate of drug-likeness (QED) is 0.881. The van der Waals surface area contributed by atoms with E-state index in [1.54, 1.807) is 24.3 Å². The number of urea groups is 1. The van der Waals surface area contributed by atoms with Gasteiger partial charge < -0.3 is 15.4 Å². The van der Waals surface area contributed by atoms with E-state index in [4.69, 9.17) is 11.6 Å². The first-order valence-corrected chi connectivity index (χ1v) is 6.71. The van der Waals surface area contributed by atoms with Gasteiger partial charge in [0.2, 0.25) is 5.88 Å². The Morgan fingerprint density at radius 2 is 2.04 bits per heavy atom. The van der Waals surface area contributed by atoms with E-state index in [2.05, 4.69) is 20.4 Å². The van der Waals surface area contributed by atoms with Gasteiger partial charge in [-0.2, -0.15) is 0 Å². The molecule has 0 saturated heterocycles. The van der Waals surface area contributed by atoms with Crippen LogP contribution in [0.1, 0.15) is 5.56 Å². The molecule has 0 radical (unpaired) electrons. The summed E-state index contributed by atoms with van der Waals surface area (Å²) in [6, 6.07) is 8.56. The standard InChI is InChI=1S/C14H11ClF3N3O2/c15-10-2-1-3-11(7-10)21-13(22)20-8-9-4-5-19-12(6-9)23-14(16,17)18/h1-7H,8H2,(H2,20,21,22). The lowest BCUT2D eigenvalue weighted by Gasteiger charge is -2.10. The molecule has 0 saturated carbocycles. The molecule has 1 heterocycles. The van der Waals surface area contributed by atoms with E-state index in [1.165, 1.54) is 6.07 Å². The Morgan fingerprint density at radius 3 is 2.74 bits per heavy atom. The molecule has 0 aliphatic heterocycles. The molecule has 0 bridgehead atoms. The van der Waals surface area contributed by atoms with E-state index >= 15 is 0 Å². The summed E-state index contributed by atoms with van der Waals surface area (Å²) in [4.78, 5) is 15.2. The summed E-state index contributed by atoms with van der Waals surface area (Å²) in [5.41, 5.74) is 0.895. The van der Waals surface area contributed by atoms with Gasteiger partial charge in [-0.05, 0) is 29.8 Å². The van der Waals surface area contributed by atoms with Crippen molar-refractivity contribution in [2.75, 3.05) is 5.32 Å². The van der Waals surface area contributed by atoms with Crippen LogP contribution in [0.4, 0.5) is 23.7 Å². The number of benzene rings is 1. The zero-order chi connectivity index (χ0) is 16.9. The van der Waals surface area contributed by atoms with Crippen molar-refractivity contribution in [1.82, 2.24) is 10.3 Å². The maximum atomic E-state index is 12.1. The van der Waals surface area contributed by atoms with Crippen LogP contribution in [-0.4, -0.2) is 17.4 Å². The number of rotatable bonds is 4. The van der Waals surface area contributed by atoms with Gasteiger partial charge >= 0.3 is 12.4 Å². The molecule has 0 aliphatic rings. The number of nitrogens with zero attached hydrogens (tertiary/aromatic N) is 1. The van der Waals surface area contributed by atoms with Crippen LogP contribution < -0.4 is 15.4 Å². The first-order chi connectivity index (χ1) is 10.8. The van der Waals surface area contributed by atoms with E-state index < -0.39 is 18.3 Å². The van der Waals surface area contributed by atoms with E-state index in [0.29, 0.717) is 16.3 Å². The molecule has 1 aromatic heterocycles. The second-order valence-electron chi connectivity index (χ2n) is 4.37. The highest BCUT2D eigenvalue weighted by atomic mass is 35.5. The third kappa shape index (κ3) is 6.03. The largest absolute Gasteiger partial charge is 0.574 e. The van der Waals surface area contributed by atoms with Crippen LogP contribution >= 0.6 is 11.6 Å². The summed E-state index contributed by atoms with van der Waals surface area (Å²) < 4.78 is 40.0. The number of hydrogen-bond donors (Lipinski definition) is 2. The Balaban J connectivity index is 1.90. The van der Waals surface area contributed by atoms with Crippen LogP contribution in [0.25, 0.3) is 0 Å². The van der Waals surface area contributed by atoms with Crippen LogP contribution in [-0.2, 0) is 6.54 Å². The molecule has 2 rings (SSSR count). The predicted molar refractivity (Wildman–Crippen MR) is 78.2 cm³/mol. The zero-order valence-corrected chi connectivity index (χ0v) is 12.3. The molecule has 23 heavy (non-hydrogen) atoms. The van der Waals surface area contributed by atoms with Crippen molar-refractivity contribution in [1.29, 1.82) is 0 Å². The van der Waals surface area contributed by atoms with Gasteiger partial charge in [0.05, 0.1) is 0 Å². The maximum Gasteiger partial charge on any atom is 0.574 e. The van der Waals surface area contributed by atoms with Gasteiger partial charge in [0.25, 0.3) is 0 Å². The number of carbonyl (C=O) groups is 1. The molecule has 0 unspecified atom stereocenters. The minimum atomic E-state index is -4.82. The third-order valence-electron chi connectivity index (χ3n) is 2.56. The Hall–Kier alpha value is -2.48. The van der Waals surface area contributed by atoms with Gasteiger partial charge in [-0.3, -0.25) is 0 Å². The van der Waals surface area contributed by atoms with Crippen molar-refractivity contribution < 1.29 is 22.7 Å². The number of ether oxygens (including phenoxy) is 1.